The molecule has 0 radical (unpaired) electrons. The first kappa shape index (κ1) is 15.6. The topological polar surface area (TPSA) is 82.6 Å². The first-order chi connectivity index (χ1) is 12.2. The van der Waals surface area contributed by atoms with Crippen LogP contribution in [0.15, 0.2) is 47.2 Å². The van der Waals surface area contributed by atoms with Gasteiger partial charge in [-0.15, -0.1) is 0 Å². The van der Waals surface area contributed by atoms with Gasteiger partial charge < -0.3 is 19.5 Å². The number of fused-ring (bicyclic) bond motifs is 2. The van der Waals surface area contributed by atoms with Gasteiger partial charge in [-0.2, -0.15) is 0 Å². The van der Waals surface area contributed by atoms with Crippen LogP contribution in [0.1, 0.15) is 0 Å². The number of hydrogen-bond acceptors (Lipinski definition) is 6. The molecule has 0 unspecified atom stereocenters. The van der Waals surface area contributed by atoms with E-state index in [4.69, 9.17) is 14.2 Å². The molecule has 7 nitrogen and oxygen atoms in total. The highest BCUT2D eigenvalue weighted by molar-refractivity contribution is 9.10. The number of nitrogens with one attached hydrogen (secondary N) is 1. The standard InChI is InChI=1S/C17H12BrN3O4/c18-10-1-3-13-12(5-10)17(20-8-19-13)23-7-16(22)21-11-2-4-14-15(6-11)25-9-24-14/h1-6,8H,7,9H2,(H,21,22). The fourth-order valence-corrected chi connectivity index (χ4v) is 2.79. The molecule has 0 atom stereocenters. The molecule has 126 valence electrons. The van der Waals surface area contributed by atoms with Gasteiger partial charge in [0.1, 0.15) is 6.33 Å². The molecular formula is C17H12BrN3O4. The van der Waals surface area contributed by atoms with E-state index in [9.17, 15) is 4.79 Å². The second kappa shape index (κ2) is 6.56. The Labute approximate surface area is 151 Å². The Morgan fingerprint density at radius 3 is 2.96 bits per heavy atom. The monoisotopic (exact) mass is 401 g/mol. The van der Waals surface area contributed by atoms with Gasteiger partial charge in [0.25, 0.3) is 5.91 Å². The quantitative estimate of drug-likeness (QED) is 0.722. The van der Waals surface area contributed by atoms with Crippen LogP contribution < -0.4 is 19.5 Å². The summed E-state index contributed by atoms with van der Waals surface area (Å²) < 4.78 is 17.0. The Bertz CT molecular complexity index is 964. The van der Waals surface area contributed by atoms with Crippen LogP contribution in [0.2, 0.25) is 0 Å². The highest BCUT2D eigenvalue weighted by Gasteiger charge is 2.14. The van der Waals surface area contributed by atoms with Gasteiger partial charge in [0.2, 0.25) is 12.7 Å². The van der Waals surface area contributed by atoms with Gasteiger partial charge in [0.05, 0.1) is 10.9 Å². The number of aromatic nitrogens is 2. The van der Waals surface area contributed by atoms with E-state index in [1.807, 2.05) is 18.2 Å². The van der Waals surface area contributed by atoms with Crippen molar-refractivity contribution in [1.29, 1.82) is 0 Å². The average molecular weight is 402 g/mol. The molecule has 1 aliphatic rings. The first-order valence-electron chi connectivity index (χ1n) is 7.41. The minimum absolute atomic E-state index is 0.174. The summed E-state index contributed by atoms with van der Waals surface area (Å²) in [7, 11) is 0. The average Bonchev–Trinajstić information content (AvgIpc) is 3.07. The number of carbonyl (C=O) groups is 1. The normalized spacial score (nSPS) is 12.2. The summed E-state index contributed by atoms with van der Waals surface area (Å²) >= 11 is 3.40. The Kier molecular flexibility index (Phi) is 4.10. The molecule has 0 fully saturated rings. The summed E-state index contributed by atoms with van der Waals surface area (Å²) in [5.41, 5.74) is 1.34. The van der Waals surface area contributed by atoms with Crippen LogP contribution in [0.4, 0.5) is 5.69 Å². The van der Waals surface area contributed by atoms with Crippen molar-refractivity contribution < 1.29 is 19.0 Å². The number of hydrogen-bond donors (Lipinski definition) is 1. The van der Waals surface area contributed by atoms with Crippen LogP contribution >= 0.6 is 15.9 Å². The molecule has 8 heteroatoms. The molecule has 0 saturated heterocycles. The highest BCUT2D eigenvalue weighted by atomic mass is 79.9. The van der Waals surface area contributed by atoms with Crippen LogP contribution in [0.3, 0.4) is 0 Å². The molecular weight excluding hydrogens is 390 g/mol. The molecule has 0 aliphatic carbocycles. The number of carbonyl (C=O) groups excluding carboxylic acids is 1. The van der Waals surface area contributed by atoms with E-state index in [1.54, 1.807) is 18.2 Å². The fourth-order valence-electron chi connectivity index (χ4n) is 2.43. The summed E-state index contributed by atoms with van der Waals surface area (Å²) in [6.45, 7) is 0.0132. The molecule has 0 saturated carbocycles. The lowest BCUT2D eigenvalue weighted by Gasteiger charge is -2.09. The maximum atomic E-state index is 12.1. The maximum absolute atomic E-state index is 12.1. The van der Waals surface area contributed by atoms with Gasteiger partial charge in [0.15, 0.2) is 18.1 Å². The lowest BCUT2D eigenvalue weighted by Crippen LogP contribution is -2.20. The van der Waals surface area contributed by atoms with Gasteiger partial charge in [-0.05, 0) is 30.3 Å². The Balaban J connectivity index is 1.45. The number of benzene rings is 2. The van der Waals surface area contributed by atoms with Gasteiger partial charge in [-0.1, -0.05) is 15.9 Å². The van der Waals surface area contributed by atoms with E-state index in [1.165, 1.54) is 6.33 Å². The Hall–Kier alpha value is -2.87. The smallest absolute Gasteiger partial charge is 0.262 e. The summed E-state index contributed by atoms with van der Waals surface area (Å²) in [6, 6.07) is 10.8. The minimum atomic E-state index is -0.305. The number of nitrogens with zero attached hydrogens (tertiary/aromatic N) is 2. The van der Waals surface area contributed by atoms with Gasteiger partial charge in [-0.25, -0.2) is 9.97 Å². The number of amides is 1. The second-order valence-electron chi connectivity index (χ2n) is 5.25. The van der Waals surface area contributed by atoms with Gasteiger partial charge in [0, 0.05) is 16.2 Å². The van der Waals surface area contributed by atoms with E-state index in [2.05, 4.69) is 31.2 Å². The third kappa shape index (κ3) is 3.34. The molecule has 2 aromatic carbocycles. The summed E-state index contributed by atoms with van der Waals surface area (Å²) in [6.07, 6.45) is 1.40. The van der Waals surface area contributed by atoms with Crippen molar-refractivity contribution in [3.8, 4) is 17.4 Å². The SMILES string of the molecule is O=C(COc1ncnc2ccc(Br)cc12)Nc1ccc2c(c1)OCO2. The van der Waals surface area contributed by atoms with Crippen LogP contribution in [0, 0.1) is 0 Å². The zero-order chi connectivity index (χ0) is 17.2. The predicted octanol–water partition coefficient (Wildman–Crippen LogP) is 3.14. The molecule has 1 N–H and O–H groups in total. The van der Waals surface area contributed by atoms with Crippen molar-refractivity contribution in [2.75, 3.05) is 18.7 Å². The van der Waals surface area contributed by atoms with E-state index in [-0.39, 0.29) is 19.3 Å². The Morgan fingerprint density at radius 2 is 2.04 bits per heavy atom. The van der Waals surface area contributed by atoms with Crippen LogP contribution in [-0.2, 0) is 4.79 Å². The molecule has 0 spiro atoms. The van der Waals surface area contributed by atoms with Crippen molar-refractivity contribution in [1.82, 2.24) is 9.97 Å². The molecule has 25 heavy (non-hydrogen) atoms. The van der Waals surface area contributed by atoms with E-state index >= 15 is 0 Å². The Morgan fingerprint density at radius 1 is 1.16 bits per heavy atom. The molecule has 1 aliphatic heterocycles. The molecule has 3 aromatic rings. The number of ether oxygens (including phenoxy) is 3. The zero-order valence-corrected chi connectivity index (χ0v) is 14.4. The van der Waals surface area contributed by atoms with Crippen LogP contribution in [-0.4, -0.2) is 29.3 Å². The van der Waals surface area contributed by atoms with Crippen molar-refractivity contribution in [2.24, 2.45) is 0 Å². The van der Waals surface area contributed by atoms with Crippen LogP contribution in [0.5, 0.6) is 17.4 Å². The lowest BCUT2D eigenvalue weighted by molar-refractivity contribution is -0.118. The lowest BCUT2D eigenvalue weighted by atomic mass is 10.2. The summed E-state index contributed by atoms with van der Waals surface area (Å²) in [5, 5.41) is 3.48. The molecule has 2 heterocycles. The zero-order valence-electron chi connectivity index (χ0n) is 12.9. The van der Waals surface area contributed by atoms with E-state index < -0.39 is 0 Å². The van der Waals surface area contributed by atoms with E-state index in [0.29, 0.717) is 23.1 Å². The maximum Gasteiger partial charge on any atom is 0.262 e. The number of halogens is 1. The minimum Gasteiger partial charge on any atom is -0.467 e. The third-order valence-electron chi connectivity index (χ3n) is 3.56. The second-order valence-corrected chi connectivity index (χ2v) is 6.16. The third-order valence-corrected chi connectivity index (χ3v) is 4.05. The number of anilines is 1. The summed E-state index contributed by atoms with van der Waals surface area (Å²) in [5.74, 6) is 1.31. The van der Waals surface area contributed by atoms with Gasteiger partial charge in [-0.3, -0.25) is 4.79 Å². The molecule has 4 rings (SSSR count). The largest absolute Gasteiger partial charge is 0.467 e. The summed E-state index contributed by atoms with van der Waals surface area (Å²) in [4.78, 5) is 20.4. The van der Waals surface area contributed by atoms with Crippen molar-refractivity contribution in [3.63, 3.8) is 0 Å². The van der Waals surface area contributed by atoms with Crippen molar-refractivity contribution in [3.05, 3.63) is 47.2 Å². The van der Waals surface area contributed by atoms with Crippen molar-refractivity contribution >= 4 is 38.4 Å². The van der Waals surface area contributed by atoms with Crippen molar-refractivity contribution in [2.45, 2.75) is 0 Å². The fraction of sp³-hybridized carbons (Fsp3) is 0.118. The van der Waals surface area contributed by atoms with E-state index in [0.717, 1.165) is 15.4 Å². The number of rotatable bonds is 4. The predicted molar refractivity (Wildman–Crippen MR) is 93.9 cm³/mol. The molecule has 1 aromatic heterocycles. The molecule has 0 bridgehead atoms. The van der Waals surface area contributed by atoms with Crippen LogP contribution in [0.25, 0.3) is 10.9 Å². The first-order valence-corrected chi connectivity index (χ1v) is 8.21. The highest BCUT2D eigenvalue weighted by Crippen LogP contribution is 2.34. The molecule has 1 amide bonds. The van der Waals surface area contributed by atoms with Gasteiger partial charge >= 0.3 is 0 Å².